The fraction of sp³-hybridized carbons (Fsp3) is 0.227. The Morgan fingerprint density at radius 3 is 2.74 bits per heavy atom. The number of rotatable bonds is 6. The maximum absolute atomic E-state index is 12.6. The summed E-state index contributed by atoms with van der Waals surface area (Å²) < 4.78 is 0. The summed E-state index contributed by atoms with van der Waals surface area (Å²) in [6, 6.07) is 13.4. The maximum atomic E-state index is 12.6. The number of aliphatic carboxylic acids is 1. The van der Waals surface area contributed by atoms with Crippen molar-refractivity contribution in [3.63, 3.8) is 0 Å². The van der Waals surface area contributed by atoms with Crippen LogP contribution in [-0.2, 0) is 16.0 Å². The molecular formula is C22H22N4O4S. The Labute approximate surface area is 183 Å². The number of carboxylic acids is 1. The Hall–Kier alpha value is -3.46. The van der Waals surface area contributed by atoms with E-state index < -0.39 is 18.0 Å². The van der Waals surface area contributed by atoms with Crippen molar-refractivity contribution in [1.82, 2.24) is 15.6 Å². The lowest BCUT2D eigenvalue weighted by molar-refractivity contribution is -0.139. The van der Waals surface area contributed by atoms with Crippen molar-refractivity contribution in [3.05, 3.63) is 60.3 Å². The molecule has 1 atom stereocenters. The van der Waals surface area contributed by atoms with Gasteiger partial charge in [0.15, 0.2) is 0 Å². The highest BCUT2D eigenvalue weighted by Gasteiger charge is 2.25. The minimum atomic E-state index is -1.14. The number of hydrogen-bond donors (Lipinski definition) is 4. The zero-order valence-corrected chi connectivity index (χ0v) is 17.4. The molecule has 1 aromatic heterocycles. The number of anilines is 1. The molecule has 0 saturated carbocycles. The molecular weight excluding hydrogens is 416 g/mol. The van der Waals surface area contributed by atoms with Crippen molar-refractivity contribution < 1.29 is 19.5 Å². The van der Waals surface area contributed by atoms with Crippen LogP contribution >= 0.6 is 11.8 Å². The van der Waals surface area contributed by atoms with Crippen molar-refractivity contribution in [1.29, 1.82) is 0 Å². The molecule has 0 radical (unpaired) electrons. The topological polar surface area (TPSA) is 115 Å². The summed E-state index contributed by atoms with van der Waals surface area (Å²) in [6.07, 6.45) is 1.87. The van der Waals surface area contributed by atoms with E-state index >= 15 is 0 Å². The number of thioether (sulfide) groups is 1. The number of aromatic amines is 1. The second-order valence-corrected chi connectivity index (χ2v) is 8.28. The number of H-pyrrole nitrogens is 1. The summed E-state index contributed by atoms with van der Waals surface area (Å²) in [7, 11) is 0. The number of urea groups is 1. The van der Waals surface area contributed by atoms with E-state index in [9.17, 15) is 19.5 Å². The molecule has 9 heteroatoms. The van der Waals surface area contributed by atoms with Crippen LogP contribution in [-0.4, -0.2) is 52.9 Å². The first-order chi connectivity index (χ1) is 15.0. The fourth-order valence-corrected chi connectivity index (χ4v) is 4.60. The van der Waals surface area contributed by atoms with E-state index in [-0.39, 0.29) is 18.9 Å². The van der Waals surface area contributed by atoms with Crippen LogP contribution in [0.15, 0.2) is 59.6 Å². The second-order valence-electron chi connectivity index (χ2n) is 7.14. The highest BCUT2D eigenvalue weighted by atomic mass is 32.2. The Balaban J connectivity index is 1.36. The molecule has 3 aromatic rings. The van der Waals surface area contributed by atoms with Gasteiger partial charge in [0, 0.05) is 40.7 Å². The molecule has 1 aliphatic rings. The van der Waals surface area contributed by atoms with Crippen LogP contribution < -0.4 is 15.5 Å². The highest BCUT2D eigenvalue weighted by Crippen LogP contribution is 2.34. The fourth-order valence-electron chi connectivity index (χ4n) is 3.61. The number of nitrogens with zero attached hydrogens (tertiary/aromatic N) is 1. The molecule has 8 nitrogen and oxygen atoms in total. The molecule has 3 amide bonds. The van der Waals surface area contributed by atoms with Crippen molar-refractivity contribution >= 4 is 46.3 Å². The number of hydrogen-bond acceptors (Lipinski definition) is 4. The third-order valence-electron chi connectivity index (χ3n) is 5.13. The largest absolute Gasteiger partial charge is 0.480 e. The molecule has 0 saturated heterocycles. The van der Waals surface area contributed by atoms with Gasteiger partial charge in [-0.25, -0.2) is 9.59 Å². The summed E-state index contributed by atoms with van der Waals surface area (Å²) >= 11 is 1.69. The Morgan fingerprint density at radius 1 is 1.13 bits per heavy atom. The van der Waals surface area contributed by atoms with E-state index in [0.29, 0.717) is 6.54 Å². The number of para-hydroxylation sites is 2. The van der Waals surface area contributed by atoms with Crippen molar-refractivity contribution in [2.45, 2.75) is 17.4 Å². The summed E-state index contributed by atoms with van der Waals surface area (Å²) in [5, 5.41) is 15.4. The number of fused-ring (bicyclic) bond motifs is 2. The van der Waals surface area contributed by atoms with E-state index in [1.54, 1.807) is 22.9 Å². The van der Waals surface area contributed by atoms with Gasteiger partial charge in [-0.2, -0.15) is 0 Å². The van der Waals surface area contributed by atoms with Crippen LogP contribution in [0.5, 0.6) is 0 Å². The first-order valence-electron chi connectivity index (χ1n) is 9.87. The predicted octanol–water partition coefficient (Wildman–Crippen LogP) is 2.60. The van der Waals surface area contributed by atoms with Gasteiger partial charge in [-0.1, -0.05) is 30.3 Å². The van der Waals surface area contributed by atoms with Gasteiger partial charge < -0.3 is 25.6 Å². The number of carbonyl (C=O) groups excluding carboxylic acids is 2. The number of carbonyl (C=O) groups is 3. The summed E-state index contributed by atoms with van der Waals surface area (Å²) in [5.74, 6) is -0.610. The molecule has 0 bridgehead atoms. The molecule has 0 spiro atoms. The molecule has 31 heavy (non-hydrogen) atoms. The number of amides is 3. The van der Waals surface area contributed by atoms with Crippen molar-refractivity contribution in [2.75, 3.05) is 23.7 Å². The van der Waals surface area contributed by atoms with Gasteiger partial charge in [-0.3, -0.25) is 4.79 Å². The van der Waals surface area contributed by atoms with Crippen LogP contribution in [0.1, 0.15) is 5.56 Å². The van der Waals surface area contributed by atoms with E-state index in [1.165, 1.54) is 0 Å². The molecule has 2 aromatic carbocycles. The molecule has 1 aliphatic heterocycles. The van der Waals surface area contributed by atoms with Gasteiger partial charge in [0.05, 0.1) is 12.2 Å². The zero-order chi connectivity index (χ0) is 21.8. The van der Waals surface area contributed by atoms with E-state index in [2.05, 4.69) is 15.6 Å². The molecule has 0 fully saturated rings. The number of benzene rings is 2. The second kappa shape index (κ2) is 9.13. The lowest BCUT2D eigenvalue weighted by atomic mass is 10.1. The Morgan fingerprint density at radius 2 is 1.90 bits per heavy atom. The molecule has 4 rings (SSSR count). The van der Waals surface area contributed by atoms with Crippen LogP contribution in [0.3, 0.4) is 0 Å². The molecule has 2 heterocycles. The Kier molecular flexibility index (Phi) is 6.13. The smallest absolute Gasteiger partial charge is 0.326 e. The molecule has 4 N–H and O–H groups in total. The third-order valence-corrected chi connectivity index (χ3v) is 6.18. The van der Waals surface area contributed by atoms with Crippen LogP contribution in [0.4, 0.5) is 10.5 Å². The van der Waals surface area contributed by atoms with Gasteiger partial charge >= 0.3 is 12.0 Å². The summed E-state index contributed by atoms with van der Waals surface area (Å²) in [4.78, 5) is 42.4. The molecule has 160 valence electrons. The lowest BCUT2D eigenvalue weighted by Crippen LogP contribution is -2.50. The van der Waals surface area contributed by atoms with Crippen LogP contribution in [0.2, 0.25) is 0 Å². The van der Waals surface area contributed by atoms with E-state index in [4.69, 9.17) is 0 Å². The van der Waals surface area contributed by atoms with Gasteiger partial charge in [-0.05, 0) is 23.8 Å². The summed E-state index contributed by atoms with van der Waals surface area (Å²) in [6.45, 7) is 0.340. The first-order valence-corrected chi connectivity index (χ1v) is 10.9. The maximum Gasteiger partial charge on any atom is 0.326 e. The van der Waals surface area contributed by atoms with Gasteiger partial charge in [0.2, 0.25) is 5.91 Å². The summed E-state index contributed by atoms with van der Waals surface area (Å²) in [5.41, 5.74) is 2.52. The zero-order valence-electron chi connectivity index (χ0n) is 16.6. The SMILES string of the molecule is O=C(NCC(=O)N1CCSc2ccccc21)N[C@H](Cc1c[nH]c2ccccc12)C(=O)O. The molecule has 0 aliphatic carbocycles. The number of aromatic nitrogens is 1. The van der Waals surface area contributed by atoms with Crippen LogP contribution in [0, 0.1) is 0 Å². The molecule has 0 unspecified atom stereocenters. The van der Waals surface area contributed by atoms with E-state index in [1.807, 2.05) is 48.5 Å². The number of nitrogens with one attached hydrogen (secondary N) is 3. The minimum Gasteiger partial charge on any atom is -0.480 e. The number of carboxylic acid groups (broad SMARTS) is 1. The van der Waals surface area contributed by atoms with Crippen LogP contribution in [0.25, 0.3) is 10.9 Å². The monoisotopic (exact) mass is 438 g/mol. The van der Waals surface area contributed by atoms with Gasteiger partial charge in [0.1, 0.15) is 6.04 Å². The van der Waals surface area contributed by atoms with Crippen molar-refractivity contribution in [2.24, 2.45) is 0 Å². The van der Waals surface area contributed by atoms with Crippen molar-refractivity contribution in [3.8, 4) is 0 Å². The first kappa shape index (κ1) is 20.8. The van der Waals surface area contributed by atoms with Gasteiger partial charge in [-0.15, -0.1) is 11.8 Å². The third kappa shape index (κ3) is 4.66. The van der Waals surface area contributed by atoms with E-state index in [0.717, 1.165) is 32.8 Å². The average molecular weight is 439 g/mol. The average Bonchev–Trinajstić information content (AvgIpc) is 3.19. The predicted molar refractivity (Wildman–Crippen MR) is 119 cm³/mol. The highest BCUT2D eigenvalue weighted by molar-refractivity contribution is 7.99. The quantitative estimate of drug-likeness (QED) is 0.472. The standard InChI is InChI=1S/C22H22N4O4S/c27-20(26-9-10-31-19-8-4-3-7-18(19)26)13-24-22(30)25-17(21(28)29)11-14-12-23-16-6-2-1-5-15(14)16/h1-8,12,17,23H,9-11,13H2,(H,28,29)(H2,24,25,30)/t17-/m1/s1. The minimum absolute atomic E-state index is 0.122. The Bertz CT molecular complexity index is 1130. The lowest BCUT2D eigenvalue weighted by Gasteiger charge is -2.29. The van der Waals surface area contributed by atoms with Gasteiger partial charge in [0.25, 0.3) is 0 Å². The normalized spacial score (nSPS) is 14.0.